The van der Waals surface area contributed by atoms with Crippen LogP contribution >= 0.6 is 11.8 Å². The number of hydrogen-bond acceptors (Lipinski definition) is 4. The molecule has 4 nitrogen and oxygen atoms in total. The standard InChI is InChI=1S/C13H11NO3S/c1-3-6-17-13(16)9-4-5-11-10(7-9)14-12(15)8(2)18-11/h1,4-5,7-8H,6H2,2H3,(H,14,15). The molecule has 1 aliphatic rings. The van der Waals surface area contributed by atoms with E-state index >= 15 is 0 Å². The van der Waals surface area contributed by atoms with Crippen molar-refractivity contribution < 1.29 is 14.3 Å². The van der Waals surface area contributed by atoms with Crippen molar-refractivity contribution in [2.45, 2.75) is 17.1 Å². The molecule has 5 heteroatoms. The molecule has 0 fully saturated rings. The van der Waals surface area contributed by atoms with Crippen molar-refractivity contribution in [3.05, 3.63) is 23.8 Å². The number of nitrogens with one attached hydrogen (secondary N) is 1. The summed E-state index contributed by atoms with van der Waals surface area (Å²) in [5.74, 6) is 1.67. The van der Waals surface area contributed by atoms with Gasteiger partial charge in [0.15, 0.2) is 6.61 Å². The number of esters is 1. The summed E-state index contributed by atoms with van der Waals surface area (Å²) < 4.78 is 4.82. The molecule has 0 aromatic heterocycles. The molecule has 0 saturated carbocycles. The van der Waals surface area contributed by atoms with E-state index in [4.69, 9.17) is 11.2 Å². The molecule has 1 aromatic carbocycles. The molecule has 1 atom stereocenters. The predicted molar refractivity (Wildman–Crippen MR) is 69.5 cm³/mol. The van der Waals surface area contributed by atoms with Crippen molar-refractivity contribution in [2.75, 3.05) is 11.9 Å². The molecule has 1 amide bonds. The minimum absolute atomic E-state index is 0.0614. The average Bonchev–Trinajstić information content (AvgIpc) is 2.36. The van der Waals surface area contributed by atoms with Crippen molar-refractivity contribution >= 4 is 29.3 Å². The number of amides is 1. The molecule has 0 aliphatic carbocycles. The largest absolute Gasteiger partial charge is 0.449 e. The normalized spacial score (nSPS) is 17.3. The molecule has 92 valence electrons. The lowest BCUT2D eigenvalue weighted by molar-refractivity contribution is -0.115. The number of ether oxygens (including phenoxy) is 1. The maximum atomic E-state index is 11.6. The summed E-state index contributed by atoms with van der Waals surface area (Å²) in [6.07, 6.45) is 5.01. The Kier molecular flexibility index (Phi) is 3.58. The fraction of sp³-hybridized carbons (Fsp3) is 0.231. The number of fused-ring (bicyclic) bond motifs is 1. The van der Waals surface area contributed by atoms with Gasteiger partial charge in [-0.05, 0) is 25.1 Å². The summed E-state index contributed by atoms with van der Waals surface area (Å²) in [6.45, 7) is 1.77. The van der Waals surface area contributed by atoms with Gasteiger partial charge in [-0.25, -0.2) is 4.79 Å². The Hall–Kier alpha value is -1.93. The van der Waals surface area contributed by atoms with Crippen LogP contribution in [0.5, 0.6) is 0 Å². The van der Waals surface area contributed by atoms with Gasteiger partial charge >= 0.3 is 5.97 Å². The third kappa shape index (κ3) is 2.49. The highest BCUT2D eigenvalue weighted by Crippen LogP contribution is 2.35. The van der Waals surface area contributed by atoms with Gasteiger partial charge in [0.25, 0.3) is 0 Å². The fourth-order valence-electron chi connectivity index (χ4n) is 1.53. The molecule has 18 heavy (non-hydrogen) atoms. The lowest BCUT2D eigenvalue weighted by Gasteiger charge is -2.21. The molecular formula is C13H11NO3S. The van der Waals surface area contributed by atoms with E-state index < -0.39 is 5.97 Å². The Morgan fingerprint density at radius 1 is 1.61 bits per heavy atom. The number of carbonyl (C=O) groups is 2. The quantitative estimate of drug-likeness (QED) is 0.652. The zero-order valence-electron chi connectivity index (χ0n) is 9.73. The van der Waals surface area contributed by atoms with E-state index in [-0.39, 0.29) is 17.8 Å². The third-order valence-electron chi connectivity index (χ3n) is 2.43. The Bertz CT molecular complexity index is 548. The van der Waals surface area contributed by atoms with Crippen molar-refractivity contribution in [2.24, 2.45) is 0 Å². The van der Waals surface area contributed by atoms with E-state index in [0.29, 0.717) is 11.3 Å². The van der Waals surface area contributed by atoms with Crippen LogP contribution in [-0.2, 0) is 9.53 Å². The first-order valence-electron chi connectivity index (χ1n) is 5.34. The first-order valence-corrected chi connectivity index (χ1v) is 6.22. The van der Waals surface area contributed by atoms with Gasteiger partial charge in [-0.3, -0.25) is 4.79 Å². The molecule has 0 saturated heterocycles. The molecule has 0 spiro atoms. The van der Waals surface area contributed by atoms with Gasteiger partial charge in [0.2, 0.25) is 5.91 Å². The van der Waals surface area contributed by atoms with Crippen LogP contribution in [0.15, 0.2) is 23.1 Å². The van der Waals surface area contributed by atoms with Crippen LogP contribution in [0.1, 0.15) is 17.3 Å². The topological polar surface area (TPSA) is 55.4 Å². The van der Waals surface area contributed by atoms with Gasteiger partial charge in [-0.15, -0.1) is 18.2 Å². The summed E-state index contributed by atoms with van der Waals surface area (Å²) in [4.78, 5) is 24.1. The highest BCUT2D eigenvalue weighted by atomic mass is 32.2. The zero-order valence-corrected chi connectivity index (χ0v) is 10.5. The smallest absolute Gasteiger partial charge is 0.339 e. The summed E-state index contributed by atoms with van der Waals surface area (Å²) in [6, 6.07) is 5.06. The van der Waals surface area contributed by atoms with Crippen molar-refractivity contribution in [1.82, 2.24) is 0 Å². The number of carbonyl (C=O) groups excluding carboxylic acids is 2. The Morgan fingerprint density at radius 2 is 2.39 bits per heavy atom. The second-order valence-corrected chi connectivity index (χ2v) is 5.12. The molecule has 1 aromatic rings. The first kappa shape index (κ1) is 12.5. The SMILES string of the molecule is C#CCOC(=O)c1ccc2c(c1)NC(=O)C(C)S2. The number of rotatable bonds is 2. The lowest BCUT2D eigenvalue weighted by Crippen LogP contribution is -2.26. The number of hydrogen-bond donors (Lipinski definition) is 1. The van der Waals surface area contributed by atoms with Crippen LogP contribution in [-0.4, -0.2) is 23.7 Å². The van der Waals surface area contributed by atoms with Crippen molar-refractivity contribution in [3.63, 3.8) is 0 Å². The van der Waals surface area contributed by atoms with Crippen LogP contribution < -0.4 is 5.32 Å². The van der Waals surface area contributed by atoms with E-state index in [9.17, 15) is 9.59 Å². The molecular weight excluding hydrogens is 250 g/mol. The Balaban J connectivity index is 2.23. The fourth-order valence-corrected chi connectivity index (χ4v) is 2.46. The number of anilines is 1. The maximum Gasteiger partial charge on any atom is 0.339 e. The minimum atomic E-state index is -0.492. The summed E-state index contributed by atoms with van der Waals surface area (Å²) >= 11 is 1.46. The summed E-state index contributed by atoms with van der Waals surface area (Å²) in [7, 11) is 0. The number of terminal acetylenes is 1. The van der Waals surface area contributed by atoms with Gasteiger partial charge in [-0.2, -0.15) is 0 Å². The predicted octanol–water partition coefficient (Wildman–Crippen LogP) is 1.91. The molecule has 1 aliphatic heterocycles. The summed E-state index contributed by atoms with van der Waals surface area (Å²) in [5, 5.41) is 2.63. The van der Waals surface area contributed by atoms with Crippen LogP contribution in [0.3, 0.4) is 0 Å². The van der Waals surface area contributed by atoms with E-state index in [1.54, 1.807) is 18.2 Å². The highest BCUT2D eigenvalue weighted by molar-refractivity contribution is 8.00. The van der Waals surface area contributed by atoms with Crippen LogP contribution in [0.4, 0.5) is 5.69 Å². The van der Waals surface area contributed by atoms with Gasteiger partial charge in [0.1, 0.15) is 0 Å². The van der Waals surface area contributed by atoms with Gasteiger partial charge in [0, 0.05) is 4.90 Å². The van der Waals surface area contributed by atoms with Gasteiger partial charge in [0.05, 0.1) is 16.5 Å². The molecule has 2 rings (SSSR count). The van der Waals surface area contributed by atoms with Gasteiger partial charge in [-0.1, -0.05) is 5.92 Å². The minimum Gasteiger partial charge on any atom is -0.449 e. The molecule has 0 radical (unpaired) electrons. The highest BCUT2D eigenvalue weighted by Gasteiger charge is 2.23. The van der Waals surface area contributed by atoms with E-state index in [1.807, 2.05) is 6.92 Å². The zero-order chi connectivity index (χ0) is 13.1. The second kappa shape index (κ2) is 5.15. The monoisotopic (exact) mass is 261 g/mol. The van der Waals surface area contributed by atoms with Gasteiger partial charge < -0.3 is 10.1 Å². The third-order valence-corrected chi connectivity index (χ3v) is 3.61. The van der Waals surface area contributed by atoms with Crippen LogP contribution in [0, 0.1) is 12.3 Å². The Morgan fingerprint density at radius 3 is 3.11 bits per heavy atom. The van der Waals surface area contributed by atoms with E-state index in [1.165, 1.54) is 11.8 Å². The van der Waals surface area contributed by atoms with Crippen molar-refractivity contribution in [1.29, 1.82) is 0 Å². The number of benzene rings is 1. The molecule has 1 heterocycles. The average molecular weight is 261 g/mol. The summed E-state index contributed by atoms with van der Waals surface area (Å²) in [5.41, 5.74) is 1.01. The van der Waals surface area contributed by atoms with Crippen LogP contribution in [0.25, 0.3) is 0 Å². The first-order chi connectivity index (χ1) is 8.61. The molecule has 1 unspecified atom stereocenters. The molecule has 0 bridgehead atoms. The Labute approximate surface area is 109 Å². The van der Waals surface area contributed by atoms with E-state index in [0.717, 1.165) is 4.90 Å². The lowest BCUT2D eigenvalue weighted by atomic mass is 10.2. The second-order valence-electron chi connectivity index (χ2n) is 3.74. The van der Waals surface area contributed by atoms with Crippen molar-refractivity contribution in [3.8, 4) is 12.3 Å². The van der Waals surface area contributed by atoms with E-state index in [2.05, 4.69) is 11.2 Å². The molecule has 1 N–H and O–H groups in total. The maximum absolute atomic E-state index is 11.6. The van der Waals surface area contributed by atoms with Crippen LogP contribution in [0.2, 0.25) is 0 Å². The number of thioether (sulfide) groups is 1.